The fourth-order valence-corrected chi connectivity index (χ4v) is 4.85. The monoisotopic (exact) mass is 318 g/mol. The molecule has 110 valence electrons. The van der Waals surface area contributed by atoms with Crippen LogP contribution in [0.3, 0.4) is 0 Å². The van der Waals surface area contributed by atoms with E-state index < -0.39 is 34.5 Å². The molecule has 9 heteroatoms. The van der Waals surface area contributed by atoms with Crippen molar-refractivity contribution >= 4 is 33.2 Å². The number of sulfonamides is 1. The Kier molecular flexibility index (Phi) is 4.11. The number of thiophene rings is 1. The zero-order chi connectivity index (χ0) is 14.9. The van der Waals surface area contributed by atoms with Crippen molar-refractivity contribution in [1.29, 1.82) is 0 Å². The molecule has 20 heavy (non-hydrogen) atoms. The maximum Gasteiger partial charge on any atom is 0.323 e. The Bertz CT molecular complexity index is 637. The summed E-state index contributed by atoms with van der Waals surface area (Å²) in [6.45, 7) is 1.20. The fourth-order valence-electron chi connectivity index (χ4n) is 1.89. The van der Waals surface area contributed by atoms with Gasteiger partial charge in [0, 0.05) is 11.4 Å². The van der Waals surface area contributed by atoms with Crippen molar-refractivity contribution in [1.82, 2.24) is 9.62 Å². The molecule has 1 aliphatic heterocycles. The molecule has 1 aromatic rings. The summed E-state index contributed by atoms with van der Waals surface area (Å²) in [6, 6.07) is 1.87. The van der Waals surface area contributed by atoms with Gasteiger partial charge in [-0.1, -0.05) is 6.92 Å². The molecule has 1 amide bonds. The minimum absolute atomic E-state index is 0.0651. The second-order valence-electron chi connectivity index (χ2n) is 4.28. The highest BCUT2D eigenvalue weighted by atomic mass is 32.2. The molecule has 1 saturated heterocycles. The molecule has 0 bridgehead atoms. The van der Waals surface area contributed by atoms with Crippen molar-refractivity contribution in [2.75, 3.05) is 13.1 Å². The number of aliphatic carboxylic acids is 1. The molecule has 1 unspecified atom stereocenters. The smallest absolute Gasteiger partial charge is 0.323 e. The van der Waals surface area contributed by atoms with Crippen LogP contribution < -0.4 is 5.32 Å². The summed E-state index contributed by atoms with van der Waals surface area (Å²) in [4.78, 5) is 23.4. The molecular formula is C11H14N2O5S2. The minimum atomic E-state index is -3.97. The molecule has 2 rings (SSSR count). The standard InChI is InChI=1S/C11H14N2O5S2/c1-2-7-3-4-10(19-7)20(17,18)13-6-9(14)12-5-8(13)11(15)16/h3-4,8H,2,5-6H2,1H3,(H,12,14)(H,15,16). The Balaban J connectivity index is 2.39. The average molecular weight is 318 g/mol. The van der Waals surface area contributed by atoms with Crippen molar-refractivity contribution < 1.29 is 23.1 Å². The number of carboxylic acid groups (broad SMARTS) is 1. The van der Waals surface area contributed by atoms with Gasteiger partial charge in [0.15, 0.2) is 0 Å². The lowest BCUT2D eigenvalue weighted by Crippen LogP contribution is -2.59. The van der Waals surface area contributed by atoms with E-state index in [-0.39, 0.29) is 10.8 Å². The van der Waals surface area contributed by atoms with Gasteiger partial charge in [0.05, 0.1) is 6.54 Å². The zero-order valence-corrected chi connectivity index (χ0v) is 12.3. The molecule has 0 aromatic carbocycles. The van der Waals surface area contributed by atoms with E-state index in [0.29, 0.717) is 6.42 Å². The average Bonchev–Trinajstić information content (AvgIpc) is 2.87. The summed E-state index contributed by atoms with van der Waals surface area (Å²) in [5.74, 6) is -1.78. The highest BCUT2D eigenvalue weighted by Gasteiger charge is 2.40. The molecule has 1 aromatic heterocycles. The predicted octanol–water partition coefficient (Wildman–Crippen LogP) is -0.116. The number of hydrogen-bond donors (Lipinski definition) is 2. The van der Waals surface area contributed by atoms with E-state index in [9.17, 15) is 18.0 Å². The third-order valence-corrected chi connectivity index (χ3v) is 6.52. The summed E-state index contributed by atoms with van der Waals surface area (Å²) in [5, 5.41) is 11.5. The van der Waals surface area contributed by atoms with Crippen LogP contribution in [0.1, 0.15) is 11.8 Å². The Morgan fingerprint density at radius 3 is 2.80 bits per heavy atom. The van der Waals surface area contributed by atoms with Crippen LogP contribution >= 0.6 is 11.3 Å². The number of aryl methyl sites for hydroxylation is 1. The molecule has 7 nitrogen and oxygen atoms in total. The van der Waals surface area contributed by atoms with Crippen molar-refractivity contribution in [3.8, 4) is 0 Å². The van der Waals surface area contributed by atoms with Gasteiger partial charge in [-0.2, -0.15) is 4.31 Å². The Hall–Kier alpha value is -1.45. The van der Waals surface area contributed by atoms with Gasteiger partial charge in [0.1, 0.15) is 10.3 Å². The topological polar surface area (TPSA) is 104 Å². The van der Waals surface area contributed by atoms with Crippen LogP contribution in [-0.4, -0.2) is 48.8 Å². The molecule has 0 aliphatic carbocycles. The lowest BCUT2D eigenvalue weighted by atomic mass is 10.2. The first-order valence-electron chi connectivity index (χ1n) is 5.96. The number of carbonyl (C=O) groups excluding carboxylic acids is 1. The number of carboxylic acids is 1. The molecule has 0 saturated carbocycles. The maximum atomic E-state index is 12.5. The van der Waals surface area contributed by atoms with E-state index >= 15 is 0 Å². The molecule has 2 N–H and O–H groups in total. The Morgan fingerprint density at radius 1 is 1.55 bits per heavy atom. The first-order valence-corrected chi connectivity index (χ1v) is 8.22. The van der Waals surface area contributed by atoms with Gasteiger partial charge in [-0.15, -0.1) is 11.3 Å². The van der Waals surface area contributed by atoms with E-state index in [1.54, 1.807) is 6.07 Å². The fraction of sp³-hybridized carbons (Fsp3) is 0.455. The normalized spacial score (nSPS) is 20.6. The Morgan fingerprint density at radius 2 is 2.25 bits per heavy atom. The van der Waals surface area contributed by atoms with Crippen molar-refractivity contribution in [2.24, 2.45) is 0 Å². The third-order valence-electron chi connectivity index (χ3n) is 2.97. The molecule has 2 heterocycles. The van der Waals surface area contributed by atoms with Crippen molar-refractivity contribution in [3.63, 3.8) is 0 Å². The quantitative estimate of drug-likeness (QED) is 0.806. The highest BCUT2D eigenvalue weighted by molar-refractivity contribution is 7.91. The summed E-state index contributed by atoms with van der Waals surface area (Å²) < 4.78 is 25.8. The summed E-state index contributed by atoms with van der Waals surface area (Å²) >= 11 is 1.09. The van der Waals surface area contributed by atoms with E-state index in [4.69, 9.17) is 5.11 Å². The molecule has 0 radical (unpaired) electrons. The Labute approximate surface area is 120 Å². The lowest BCUT2D eigenvalue weighted by molar-refractivity contribution is -0.143. The van der Waals surface area contributed by atoms with Crippen LogP contribution in [0.4, 0.5) is 0 Å². The lowest BCUT2D eigenvalue weighted by Gasteiger charge is -2.31. The summed E-state index contributed by atoms with van der Waals surface area (Å²) in [7, 11) is -3.97. The molecule has 1 atom stereocenters. The van der Waals surface area contributed by atoms with Crippen LogP contribution in [-0.2, 0) is 26.0 Å². The maximum absolute atomic E-state index is 12.5. The van der Waals surface area contributed by atoms with Crippen LogP contribution in [0.2, 0.25) is 0 Å². The first kappa shape index (κ1) is 14.9. The minimum Gasteiger partial charge on any atom is -0.480 e. The number of nitrogens with zero attached hydrogens (tertiary/aromatic N) is 1. The van der Waals surface area contributed by atoms with Gasteiger partial charge < -0.3 is 10.4 Å². The van der Waals surface area contributed by atoms with Gasteiger partial charge in [-0.05, 0) is 18.6 Å². The van der Waals surface area contributed by atoms with Gasteiger partial charge >= 0.3 is 5.97 Å². The first-order chi connectivity index (χ1) is 9.36. The van der Waals surface area contributed by atoms with Crippen LogP contribution in [0.5, 0.6) is 0 Å². The highest BCUT2D eigenvalue weighted by Crippen LogP contribution is 2.27. The molecule has 1 fully saturated rings. The zero-order valence-electron chi connectivity index (χ0n) is 10.7. The van der Waals surface area contributed by atoms with Crippen LogP contribution in [0.25, 0.3) is 0 Å². The van der Waals surface area contributed by atoms with Crippen LogP contribution in [0.15, 0.2) is 16.3 Å². The van der Waals surface area contributed by atoms with Crippen molar-refractivity contribution in [3.05, 3.63) is 17.0 Å². The number of nitrogens with one attached hydrogen (secondary N) is 1. The summed E-state index contributed by atoms with van der Waals surface area (Å²) in [6.07, 6.45) is 0.697. The number of amides is 1. The number of hydrogen-bond acceptors (Lipinski definition) is 5. The van der Waals surface area contributed by atoms with Crippen LogP contribution in [0, 0.1) is 0 Å². The second kappa shape index (κ2) is 5.51. The number of carbonyl (C=O) groups is 2. The van der Waals surface area contributed by atoms with E-state index in [1.807, 2.05) is 6.92 Å². The van der Waals surface area contributed by atoms with Gasteiger partial charge in [0.2, 0.25) is 5.91 Å². The summed E-state index contributed by atoms with van der Waals surface area (Å²) in [5.41, 5.74) is 0. The largest absolute Gasteiger partial charge is 0.480 e. The van der Waals surface area contributed by atoms with Gasteiger partial charge in [-0.3, -0.25) is 9.59 Å². The SMILES string of the molecule is CCc1ccc(S(=O)(=O)N2CC(=O)NCC2C(=O)O)s1. The second-order valence-corrected chi connectivity index (χ2v) is 7.57. The van der Waals surface area contributed by atoms with E-state index in [2.05, 4.69) is 5.32 Å². The van der Waals surface area contributed by atoms with Crippen molar-refractivity contribution in [2.45, 2.75) is 23.6 Å². The molecular weight excluding hydrogens is 304 g/mol. The predicted molar refractivity (Wildman–Crippen MR) is 72.0 cm³/mol. The van der Waals surface area contributed by atoms with Gasteiger partial charge in [0.25, 0.3) is 10.0 Å². The molecule has 0 spiro atoms. The van der Waals surface area contributed by atoms with E-state index in [1.165, 1.54) is 6.07 Å². The van der Waals surface area contributed by atoms with Gasteiger partial charge in [-0.25, -0.2) is 8.42 Å². The third kappa shape index (κ3) is 2.69. The number of rotatable bonds is 4. The molecule has 1 aliphatic rings. The van der Waals surface area contributed by atoms with E-state index in [0.717, 1.165) is 20.5 Å². The number of piperazine rings is 1.